The van der Waals surface area contributed by atoms with Crippen molar-refractivity contribution in [1.29, 1.82) is 0 Å². The predicted molar refractivity (Wildman–Crippen MR) is 102 cm³/mol. The molecule has 1 aliphatic rings. The Morgan fingerprint density at radius 2 is 1.81 bits per heavy atom. The van der Waals surface area contributed by atoms with Crippen molar-refractivity contribution in [2.24, 2.45) is 5.10 Å². The molecule has 0 atom stereocenters. The van der Waals surface area contributed by atoms with Gasteiger partial charge in [-0.25, -0.2) is 5.01 Å². The molecular weight excluding hydrogens is 346 g/mol. The molecule has 2 aromatic rings. The van der Waals surface area contributed by atoms with Crippen molar-refractivity contribution in [2.75, 3.05) is 19.2 Å². The number of carbonyl (C=O) groups excluding carboxylic acids is 2. The van der Waals surface area contributed by atoms with Crippen molar-refractivity contribution in [3.63, 3.8) is 0 Å². The molecule has 0 radical (unpaired) electrons. The molecule has 3 rings (SSSR count). The fourth-order valence-electron chi connectivity index (χ4n) is 2.76. The Balaban J connectivity index is 1.70. The fraction of sp³-hybridized carbons (Fsp3) is 0.250. The molecule has 0 saturated heterocycles. The summed E-state index contributed by atoms with van der Waals surface area (Å²) < 4.78 is 10.5. The first-order valence-electron chi connectivity index (χ1n) is 8.57. The van der Waals surface area contributed by atoms with Gasteiger partial charge in [0.25, 0.3) is 5.91 Å². The molecule has 0 spiro atoms. The summed E-state index contributed by atoms with van der Waals surface area (Å²) in [5, 5.41) is 8.38. The number of nitrogens with zero attached hydrogens (tertiary/aromatic N) is 2. The van der Waals surface area contributed by atoms with E-state index >= 15 is 0 Å². The van der Waals surface area contributed by atoms with Gasteiger partial charge in [0.15, 0.2) is 11.5 Å². The second kappa shape index (κ2) is 8.35. The molecule has 2 aromatic carbocycles. The predicted octanol–water partition coefficient (Wildman–Crippen LogP) is 2.50. The van der Waals surface area contributed by atoms with E-state index < -0.39 is 0 Å². The zero-order valence-corrected chi connectivity index (χ0v) is 15.3. The van der Waals surface area contributed by atoms with Gasteiger partial charge in [-0.3, -0.25) is 9.59 Å². The van der Waals surface area contributed by atoms with Gasteiger partial charge in [0.1, 0.15) is 5.71 Å². The minimum Gasteiger partial charge on any atom is -0.493 e. The molecule has 0 fully saturated rings. The van der Waals surface area contributed by atoms with Crippen LogP contribution in [0.2, 0.25) is 0 Å². The van der Waals surface area contributed by atoms with E-state index in [0.717, 1.165) is 5.56 Å². The molecule has 27 heavy (non-hydrogen) atoms. The molecule has 2 amide bonds. The van der Waals surface area contributed by atoms with Crippen LogP contribution in [0.5, 0.6) is 11.5 Å². The van der Waals surface area contributed by atoms with Crippen LogP contribution in [0.4, 0.5) is 5.69 Å². The molecular formula is C20H21N3O4. The van der Waals surface area contributed by atoms with Gasteiger partial charge < -0.3 is 14.8 Å². The molecule has 0 aromatic heterocycles. The van der Waals surface area contributed by atoms with Crippen LogP contribution in [-0.2, 0) is 16.1 Å². The number of anilines is 1. The summed E-state index contributed by atoms with van der Waals surface area (Å²) in [4.78, 5) is 24.6. The van der Waals surface area contributed by atoms with E-state index in [2.05, 4.69) is 10.4 Å². The van der Waals surface area contributed by atoms with Crippen LogP contribution in [0.15, 0.2) is 53.6 Å². The summed E-state index contributed by atoms with van der Waals surface area (Å²) >= 11 is 0. The van der Waals surface area contributed by atoms with Gasteiger partial charge in [-0.05, 0) is 29.8 Å². The standard InChI is InChI=1S/C20H21N3O4/c1-26-17-10-8-14(12-18(17)27-2)13-21-20(25)16-9-11-19(24)23(22-16)15-6-4-3-5-7-15/h3-8,10,12H,9,11,13H2,1-2H3,(H,21,25). The molecule has 1 N–H and O–H groups in total. The van der Waals surface area contributed by atoms with E-state index in [1.807, 2.05) is 30.3 Å². The summed E-state index contributed by atoms with van der Waals surface area (Å²) in [5.41, 5.74) is 1.85. The lowest BCUT2D eigenvalue weighted by Crippen LogP contribution is -2.38. The Hall–Kier alpha value is -3.35. The second-order valence-electron chi connectivity index (χ2n) is 5.96. The maximum Gasteiger partial charge on any atom is 0.267 e. The van der Waals surface area contributed by atoms with Crippen molar-refractivity contribution >= 4 is 23.2 Å². The average Bonchev–Trinajstić information content (AvgIpc) is 2.72. The number of hydrazone groups is 1. The number of amides is 2. The smallest absolute Gasteiger partial charge is 0.267 e. The third-order valence-electron chi connectivity index (χ3n) is 4.20. The van der Waals surface area contributed by atoms with Crippen LogP contribution >= 0.6 is 0 Å². The van der Waals surface area contributed by atoms with Crippen LogP contribution in [0.1, 0.15) is 18.4 Å². The maximum absolute atomic E-state index is 12.5. The second-order valence-corrected chi connectivity index (χ2v) is 5.96. The van der Waals surface area contributed by atoms with Crippen molar-refractivity contribution in [3.8, 4) is 11.5 Å². The van der Waals surface area contributed by atoms with Gasteiger partial charge in [0.05, 0.1) is 19.9 Å². The Morgan fingerprint density at radius 3 is 2.52 bits per heavy atom. The number of rotatable bonds is 6. The van der Waals surface area contributed by atoms with E-state index in [1.165, 1.54) is 5.01 Å². The summed E-state index contributed by atoms with van der Waals surface area (Å²) in [6.07, 6.45) is 0.567. The Kier molecular flexibility index (Phi) is 5.71. The first-order chi connectivity index (χ1) is 13.1. The summed E-state index contributed by atoms with van der Waals surface area (Å²) in [7, 11) is 3.13. The first kappa shape index (κ1) is 18.4. The molecule has 0 bridgehead atoms. The highest BCUT2D eigenvalue weighted by atomic mass is 16.5. The lowest BCUT2D eigenvalue weighted by Gasteiger charge is -2.23. The van der Waals surface area contributed by atoms with E-state index in [9.17, 15) is 9.59 Å². The lowest BCUT2D eigenvalue weighted by molar-refractivity contribution is -0.119. The number of para-hydroxylation sites is 1. The number of carbonyl (C=O) groups is 2. The molecule has 0 unspecified atom stereocenters. The topological polar surface area (TPSA) is 80.2 Å². The van der Waals surface area contributed by atoms with Gasteiger partial charge in [0.2, 0.25) is 5.91 Å². The number of benzene rings is 2. The molecule has 7 nitrogen and oxygen atoms in total. The van der Waals surface area contributed by atoms with Crippen molar-refractivity contribution in [2.45, 2.75) is 19.4 Å². The van der Waals surface area contributed by atoms with Crippen molar-refractivity contribution in [1.82, 2.24) is 5.32 Å². The van der Waals surface area contributed by atoms with Crippen molar-refractivity contribution in [3.05, 3.63) is 54.1 Å². The van der Waals surface area contributed by atoms with Gasteiger partial charge >= 0.3 is 0 Å². The largest absolute Gasteiger partial charge is 0.493 e. The third kappa shape index (κ3) is 4.25. The van der Waals surface area contributed by atoms with E-state index in [4.69, 9.17) is 9.47 Å². The average molecular weight is 367 g/mol. The van der Waals surface area contributed by atoms with E-state index in [1.54, 1.807) is 32.4 Å². The van der Waals surface area contributed by atoms with E-state index in [-0.39, 0.29) is 18.2 Å². The van der Waals surface area contributed by atoms with Crippen LogP contribution in [0.25, 0.3) is 0 Å². The molecule has 140 valence electrons. The number of nitrogens with one attached hydrogen (secondary N) is 1. The minimum atomic E-state index is -0.293. The zero-order valence-electron chi connectivity index (χ0n) is 15.3. The number of hydrogen-bond acceptors (Lipinski definition) is 5. The van der Waals surface area contributed by atoms with Gasteiger partial charge in [-0.2, -0.15) is 5.10 Å². The molecule has 0 aliphatic carbocycles. The Labute approximate surface area is 157 Å². The highest BCUT2D eigenvalue weighted by Gasteiger charge is 2.25. The van der Waals surface area contributed by atoms with Gasteiger partial charge in [-0.1, -0.05) is 24.3 Å². The Bertz CT molecular complexity index is 865. The lowest BCUT2D eigenvalue weighted by atomic mass is 10.1. The molecule has 1 aliphatic heterocycles. The SMILES string of the molecule is COc1ccc(CNC(=O)C2=NN(c3ccccc3)C(=O)CC2)cc1OC. The maximum atomic E-state index is 12.5. The number of methoxy groups -OCH3 is 2. The van der Waals surface area contributed by atoms with Gasteiger partial charge in [-0.15, -0.1) is 0 Å². The molecule has 0 saturated carbocycles. The molecule has 1 heterocycles. The van der Waals surface area contributed by atoms with Gasteiger partial charge in [0, 0.05) is 19.4 Å². The Morgan fingerprint density at radius 1 is 1.07 bits per heavy atom. The third-order valence-corrected chi connectivity index (χ3v) is 4.20. The van der Waals surface area contributed by atoms with Crippen LogP contribution in [0, 0.1) is 0 Å². The highest BCUT2D eigenvalue weighted by molar-refractivity contribution is 6.40. The number of hydrogen-bond donors (Lipinski definition) is 1. The first-order valence-corrected chi connectivity index (χ1v) is 8.57. The summed E-state index contributed by atoms with van der Waals surface area (Å²) in [6.45, 7) is 0.317. The molecule has 7 heteroatoms. The summed E-state index contributed by atoms with van der Waals surface area (Å²) in [5.74, 6) is 0.803. The zero-order chi connectivity index (χ0) is 19.2. The fourth-order valence-corrected chi connectivity index (χ4v) is 2.76. The minimum absolute atomic E-state index is 0.127. The van der Waals surface area contributed by atoms with E-state index in [0.29, 0.717) is 35.9 Å². The monoisotopic (exact) mass is 367 g/mol. The quantitative estimate of drug-likeness (QED) is 0.851. The normalized spacial score (nSPS) is 13.8. The number of ether oxygens (including phenoxy) is 2. The highest BCUT2D eigenvalue weighted by Crippen LogP contribution is 2.27. The van der Waals surface area contributed by atoms with Crippen LogP contribution in [-0.4, -0.2) is 31.7 Å². The van der Waals surface area contributed by atoms with Crippen LogP contribution in [0.3, 0.4) is 0 Å². The summed E-state index contributed by atoms with van der Waals surface area (Å²) in [6, 6.07) is 14.5. The van der Waals surface area contributed by atoms with Crippen LogP contribution < -0.4 is 19.8 Å². The van der Waals surface area contributed by atoms with Crippen molar-refractivity contribution < 1.29 is 19.1 Å².